The van der Waals surface area contributed by atoms with Gasteiger partial charge in [-0.25, -0.2) is 0 Å². The second-order valence-electron chi connectivity index (χ2n) is 5.76. The number of carbonyl (C=O) groups excluding carboxylic acids is 1. The van der Waals surface area contributed by atoms with Crippen LogP contribution in [0.5, 0.6) is 5.75 Å². The number of amides is 1. The van der Waals surface area contributed by atoms with Crippen LogP contribution in [-0.2, 0) is 4.79 Å². The molecule has 3 N–H and O–H groups in total. The van der Waals surface area contributed by atoms with Gasteiger partial charge in [-0.15, -0.1) is 0 Å². The minimum atomic E-state index is -0.295. The van der Waals surface area contributed by atoms with Crippen molar-refractivity contribution in [3.8, 4) is 5.75 Å². The van der Waals surface area contributed by atoms with Gasteiger partial charge in [-0.2, -0.15) is 0 Å². The van der Waals surface area contributed by atoms with Crippen molar-refractivity contribution in [1.29, 1.82) is 0 Å². The number of benzene rings is 1. The van der Waals surface area contributed by atoms with Crippen LogP contribution in [0.3, 0.4) is 0 Å². The maximum atomic E-state index is 11.4. The number of nitrogens with one attached hydrogen (secondary N) is 1. The van der Waals surface area contributed by atoms with Crippen LogP contribution in [0.4, 0.5) is 0 Å². The van der Waals surface area contributed by atoms with E-state index in [-0.39, 0.29) is 11.9 Å². The number of hydrogen-bond donors (Lipinski definition) is 2. The van der Waals surface area contributed by atoms with Gasteiger partial charge in [0.2, 0.25) is 5.91 Å². The molecule has 4 nitrogen and oxygen atoms in total. The van der Waals surface area contributed by atoms with E-state index >= 15 is 0 Å². The van der Waals surface area contributed by atoms with Crippen LogP contribution in [0.2, 0.25) is 0 Å². The average Bonchev–Trinajstić information content (AvgIpc) is 3.21. The highest BCUT2D eigenvalue weighted by Crippen LogP contribution is 2.21. The summed E-state index contributed by atoms with van der Waals surface area (Å²) in [6, 6.07) is 8.28. The molecule has 0 aliphatic heterocycles. The Morgan fingerprint density at radius 3 is 2.80 bits per heavy atom. The maximum Gasteiger partial charge on any atom is 0.234 e. The molecule has 4 heteroatoms. The van der Waals surface area contributed by atoms with Gasteiger partial charge in [0, 0.05) is 12.5 Å². The number of nitrogens with two attached hydrogens (primary N) is 1. The monoisotopic (exact) mass is 276 g/mol. The number of rotatable bonds is 8. The summed E-state index contributed by atoms with van der Waals surface area (Å²) in [6.07, 6.45) is 2.89. The molecule has 0 saturated heterocycles. The van der Waals surface area contributed by atoms with Crippen LogP contribution in [0.15, 0.2) is 24.3 Å². The van der Waals surface area contributed by atoms with E-state index in [2.05, 4.69) is 31.3 Å². The van der Waals surface area contributed by atoms with E-state index in [0.29, 0.717) is 25.0 Å². The summed E-state index contributed by atoms with van der Waals surface area (Å²) >= 11 is 0. The molecule has 1 aromatic rings. The molecule has 1 unspecified atom stereocenters. The third kappa shape index (κ3) is 4.53. The SMILES string of the molecule is CC(C)c1cccc(OCCC(NC2CC2)C(N)=O)c1. The molecule has 0 spiro atoms. The van der Waals surface area contributed by atoms with Gasteiger partial charge in [-0.3, -0.25) is 4.79 Å². The molecule has 0 bridgehead atoms. The Bertz CT molecular complexity index is 456. The second-order valence-corrected chi connectivity index (χ2v) is 5.76. The van der Waals surface area contributed by atoms with Crippen molar-refractivity contribution in [2.24, 2.45) is 5.73 Å². The zero-order chi connectivity index (χ0) is 14.5. The Morgan fingerprint density at radius 2 is 2.20 bits per heavy atom. The van der Waals surface area contributed by atoms with Gasteiger partial charge >= 0.3 is 0 Å². The van der Waals surface area contributed by atoms with Gasteiger partial charge in [0.1, 0.15) is 5.75 Å². The highest BCUT2D eigenvalue weighted by atomic mass is 16.5. The molecule has 0 heterocycles. The van der Waals surface area contributed by atoms with E-state index in [4.69, 9.17) is 10.5 Å². The highest BCUT2D eigenvalue weighted by Gasteiger charge is 2.26. The fraction of sp³-hybridized carbons (Fsp3) is 0.562. The normalized spacial score (nSPS) is 16.1. The van der Waals surface area contributed by atoms with Gasteiger partial charge in [0.05, 0.1) is 12.6 Å². The molecular weight excluding hydrogens is 252 g/mol. The number of ether oxygens (including phenoxy) is 1. The Morgan fingerprint density at radius 1 is 1.45 bits per heavy atom. The van der Waals surface area contributed by atoms with Gasteiger partial charge in [-0.05, 0) is 36.5 Å². The molecule has 20 heavy (non-hydrogen) atoms. The average molecular weight is 276 g/mol. The second kappa shape index (κ2) is 6.75. The summed E-state index contributed by atoms with van der Waals surface area (Å²) in [5, 5.41) is 3.25. The van der Waals surface area contributed by atoms with Crippen molar-refractivity contribution in [1.82, 2.24) is 5.32 Å². The summed E-state index contributed by atoms with van der Waals surface area (Å²) in [6.45, 7) is 4.80. The summed E-state index contributed by atoms with van der Waals surface area (Å²) < 4.78 is 5.73. The molecule has 1 atom stereocenters. The van der Waals surface area contributed by atoms with Crippen LogP contribution in [0.25, 0.3) is 0 Å². The van der Waals surface area contributed by atoms with Crippen molar-refractivity contribution in [3.63, 3.8) is 0 Å². The minimum Gasteiger partial charge on any atom is -0.494 e. The molecule has 1 saturated carbocycles. The predicted octanol–water partition coefficient (Wildman–Crippen LogP) is 2.18. The van der Waals surface area contributed by atoms with E-state index in [1.54, 1.807) is 0 Å². The largest absolute Gasteiger partial charge is 0.494 e. The summed E-state index contributed by atoms with van der Waals surface area (Å²) in [5.74, 6) is 1.04. The zero-order valence-electron chi connectivity index (χ0n) is 12.3. The summed E-state index contributed by atoms with van der Waals surface area (Å²) in [5.41, 5.74) is 6.65. The topological polar surface area (TPSA) is 64.3 Å². The number of primary amides is 1. The first-order valence-corrected chi connectivity index (χ1v) is 7.34. The first kappa shape index (κ1) is 14.9. The fourth-order valence-corrected chi connectivity index (χ4v) is 2.10. The van der Waals surface area contributed by atoms with E-state index in [1.807, 2.05) is 12.1 Å². The predicted molar refractivity (Wildman–Crippen MR) is 79.8 cm³/mol. The van der Waals surface area contributed by atoms with Crippen LogP contribution in [-0.4, -0.2) is 24.6 Å². The van der Waals surface area contributed by atoms with Crippen LogP contribution < -0.4 is 15.8 Å². The zero-order valence-corrected chi connectivity index (χ0v) is 12.3. The molecule has 0 radical (unpaired) electrons. The summed E-state index contributed by atoms with van der Waals surface area (Å²) in [4.78, 5) is 11.4. The number of hydrogen-bond acceptors (Lipinski definition) is 3. The number of carbonyl (C=O) groups is 1. The van der Waals surface area contributed by atoms with Crippen molar-refractivity contribution in [2.75, 3.05) is 6.61 Å². The first-order chi connectivity index (χ1) is 9.56. The van der Waals surface area contributed by atoms with Crippen molar-refractivity contribution in [3.05, 3.63) is 29.8 Å². The molecule has 1 amide bonds. The smallest absolute Gasteiger partial charge is 0.234 e. The molecule has 0 aromatic heterocycles. The lowest BCUT2D eigenvalue weighted by atomic mass is 10.0. The standard InChI is InChI=1S/C16H24N2O2/c1-11(2)12-4-3-5-14(10-12)20-9-8-15(16(17)19)18-13-6-7-13/h3-5,10-11,13,15,18H,6-9H2,1-2H3,(H2,17,19). The molecule has 110 valence electrons. The maximum absolute atomic E-state index is 11.4. The highest BCUT2D eigenvalue weighted by molar-refractivity contribution is 5.79. The van der Waals surface area contributed by atoms with E-state index in [1.165, 1.54) is 5.56 Å². The van der Waals surface area contributed by atoms with Gasteiger partial charge in [0.25, 0.3) is 0 Å². The van der Waals surface area contributed by atoms with Crippen molar-refractivity contribution >= 4 is 5.91 Å². The van der Waals surface area contributed by atoms with Crippen molar-refractivity contribution in [2.45, 2.75) is 51.1 Å². The quantitative estimate of drug-likeness (QED) is 0.765. The van der Waals surface area contributed by atoms with Crippen molar-refractivity contribution < 1.29 is 9.53 Å². The van der Waals surface area contributed by atoms with Crippen LogP contribution in [0, 0.1) is 0 Å². The lowest BCUT2D eigenvalue weighted by molar-refractivity contribution is -0.120. The van der Waals surface area contributed by atoms with Gasteiger partial charge in [0.15, 0.2) is 0 Å². The third-order valence-corrected chi connectivity index (χ3v) is 3.56. The summed E-state index contributed by atoms with van der Waals surface area (Å²) in [7, 11) is 0. The molecule has 2 rings (SSSR count). The third-order valence-electron chi connectivity index (χ3n) is 3.56. The first-order valence-electron chi connectivity index (χ1n) is 7.34. The molecule has 1 aliphatic rings. The van der Waals surface area contributed by atoms with Gasteiger partial charge < -0.3 is 15.8 Å². The molecular formula is C16H24N2O2. The Kier molecular flexibility index (Phi) is 5.01. The van der Waals surface area contributed by atoms with Gasteiger partial charge in [-0.1, -0.05) is 26.0 Å². The minimum absolute atomic E-state index is 0.282. The van der Waals surface area contributed by atoms with Crippen LogP contribution in [0.1, 0.15) is 44.6 Å². The van der Waals surface area contributed by atoms with E-state index in [0.717, 1.165) is 18.6 Å². The lowest BCUT2D eigenvalue weighted by Gasteiger charge is -2.16. The Labute approximate surface area is 120 Å². The Hall–Kier alpha value is -1.55. The van der Waals surface area contributed by atoms with E-state index in [9.17, 15) is 4.79 Å². The van der Waals surface area contributed by atoms with E-state index < -0.39 is 0 Å². The molecule has 1 aromatic carbocycles. The Balaban J connectivity index is 1.81. The molecule has 1 aliphatic carbocycles. The lowest BCUT2D eigenvalue weighted by Crippen LogP contribution is -2.43. The van der Waals surface area contributed by atoms with Crippen LogP contribution >= 0.6 is 0 Å². The molecule has 1 fully saturated rings. The fourth-order valence-electron chi connectivity index (χ4n) is 2.10.